The van der Waals surface area contributed by atoms with Crippen molar-refractivity contribution in [1.82, 2.24) is 24.6 Å². The number of anilines is 4. The zero-order valence-electron chi connectivity index (χ0n) is 19.2. The van der Waals surface area contributed by atoms with Crippen LogP contribution in [0.5, 0.6) is 0 Å². The standard InChI is InChI=1S/C24H26FN9O/c1-14-2-7-21(28-12-14)32-18-11-22(30-16-5-3-15(26)4-6-16)33-34-19(13-29-23(18)34)24(35)31-17-8-9-27-20(25)10-17/h2,7-13,15-16H,3-6,26H2,1H3,(H,28,32)(H,30,33)(H,27,31,35)/t15-,16-. The number of halogens is 1. The summed E-state index contributed by atoms with van der Waals surface area (Å²) in [5, 5.41) is 14.1. The lowest BCUT2D eigenvalue weighted by molar-refractivity contribution is 0.102. The van der Waals surface area contributed by atoms with Crippen LogP contribution in [0.2, 0.25) is 0 Å². The summed E-state index contributed by atoms with van der Waals surface area (Å²) in [5.74, 6) is 0.0692. The molecule has 0 atom stereocenters. The van der Waals surface area contributed by atoms with Crippen LogP contribution in [0.3, 0.4) is 0 Å². The summed E-state index contributed by atoms with van der Waals surface area (Å²) in [6.07, 6.45) is 8.25. The van der Waals surface area contributed by atoms with Crippen LogP contribution in [0.25, 0.3) is 5.65 Å². The number of carbonyl (C=O) groups excluding carboxylic acids is 1. The molecule has 0 unspecified atom stereocenters. The Morgan fingerprint density at radius 3 is 2.63 bits per heavy atom. The van der Waals surface area contributed by atoms with Crippen LogP contribution in [0.1, 0.15) is 41.7 Å². The first-order valence-corrected chi connectivity index (χ1v) is 11.5. The lowest BCUT2D eigenvalue weighted by Crippen LogP contribution is -2.33. The summed E-state index contributed by atoms with van der Waals surface area (Å²) < 4.78 is 14.9. The number of pyridine rings is 2. The Morgan fingerprint density at radius 2 is 1.89 bits per heavy atom. The molecule has 0 spiro atoms. The fraction of sp³-hybridized carbons (Fsp3) is 0.292. The molecule has 0 aromatic carbocycles. The van der Waals surface area contributed by atoms with E-state index in [1.54, 1.807) is 6.20 Å². The molecule has 5 rings (SSSR count). The van der Waals surface area contributed by atoms with E-state index in [2.05, 4.69) is 36.0 Å². The van der Waals surface area contributed by atoms with Crippen LogP contribution in [-0.4, -0.2) is 42.6 Å². The van der Waals surface area contributed by atoms with Gasteiger partial charge in [-0.2, -0.15) is 4.39 Å². The number of imidazole rings is 1. The highest BCUT2D eigenvalue weighted by atomic mass is 19.1. The van der Waals surface area contributed by atoms with Gasteiger partial charge < -0.3 is 21.7 Å². The fourth-order valence-electron chi connectivity index (χ4n) is 4.11. The van der Waals surface area contributed by atoms with Crippen LogP contribution in [0.15, 0.2) is 48.9 Å². The SMILES string of the molecule is Cc1ccc(Nc2cc(N[C@H]3CC[C@H](N)CC3)nn3c(C(=O)Nc4ccnc(F)c4)cnc23)nc1. The van der Waals surface area contributed by atoms with Crippen LogP contribution >= 0.6 is 0 Å². The minimum Gasteiger partial charge on any atom is -0.366 e. The van der Waals surface area contributed by atoms with Gasteiger partial charge in [0.1, 0.15) is 11.6 Å². The van der Waals surface area contributed by atoms with Crippen molar-refractivity contribution in [2.75, 3.05) is 16.0 Å². The molecule has 1 fully saturated rings. The van der Waals surface area contributed by atoms with Crippen molar-refractivity contribution < 1.29 is 9.18 Å². The van der Waals surface area contributed by atoms with Gasteiger partial charge in [0.25, 0.3) is 5.91 Å². The van der Waals surface area contributed by atoms with Gasteiger partial charge in [0.15, 0.2) is 11.3 Å². The number of hydrogen-bond acceptors (Lipinski definition) is 8. The molecule has 4 aromatic heterocycles. The van der Waals surface area contributed by atoms with Gasteiger partial charge in [-0.15, -0.1) is 5.10 Å². The first kappa shape index (κ1) is 22.7. The number of aromatic nitrogens is 5. The molecule has 4 heterocycles. The van der Waals surface area contributed by atoms with Crippen molar-refractivity contribution in [3.8, 4) is 0 Å². The van der Waals surface area contributed by atoms with E-state index in [0.717, 1.165) is 37.3 Å². The zero-order chi connectivity index (χ0) is 24.4. The van der Waals surface area contributed by atoms with E-state index < -0.39 is 11.9 Å². The third-order valence-electron chi connectivity index (χ3n) is 5.98. The van der Waals surface area contributed by atoms with Gasteiger partial charge in [0.2, 0.25) is 5.95 Å². The van der Waals surface area contributed by atoms with Gasteiger partial charge in [-0.25, -0.2) is 19.5 Å². The molecule has 0 bridgehead atoms. The maximum Gasteiger partial charge on any atom is 0.276 e. The Labute approximate surface area is 201 Å². The lowest BCUT2D eigenvalue weighted by Gasteiger charge is -2.27. The minimum absolute atomic E-state index is 0.200. The number of nitrogens with one attached hydrogen (secondary N) is 3. The Hall–Kier alpha value is -4.12. The average molecular weight is 476 g/mol. The van der Waals surface area contributed by atoms with Crippen molar-refractivity contribution in [3.05, 3.63) is 66.1 Å². The quantitative estimate of drug-likeness (QED) is 0.311. The zero-order valence-corrected chi connectivity index (χ0v) is 19.2. The Morgan fingerprint density at radius 1 is 1.06 bits per heavy atom. The molecule has 5 N–H and O–H groups in total. The number of carbonyl (C=O) groups is 1. The molecular weight excluding hydrogens is 449 g/mol. The molecule has 0 aliphatic heterocycles. The number of fused-ring (bicyclic) bond motifs is 1. The third-order valence-corrected chi connectivity index (χ3v) is 5.98. The van der Waals surface area contributed by atoms with Crippen molar-refractivity contribution in [1.29, 1.82) is 0 Å². The summed E-state index contributed by atoms with van der Waals surface area (Å²) in [5.41, 5.74) is 8.67. The number of nitrogens with zero attached hydrogens (tertiary/aromatic N) is 5. The molecule has 0 saturated heterocycles. The summed E-state index contributed by atoms with van der Waals surface area (Å²) >= 11 is 0. The monoisotopic (exact) mass is 475 g/mol. The molecular formula is C24H26FN9O. The highest BCUT2D eigenvalue weighted by molar-refractivity contribution is 6.03. The van der Waals surface area contributed by atoms with Gasteiger partial charge in [0, 0.05) is 42.3 Å². The summed E-state index contributed by atoms with van der Waals surface area (Å²) in [7, 11) is 0. The summed E-state index contributed by atoms with van der Waals surface area (Å²) in [6.45, 7) is 1.97. The second-order valence-electron chi connectivity index (χ2n) is 8.75. The summed E-state index contributed by atoms with van der Waals surface area (Å²) in [6, 6.07) is 8.80. The second-order valence-corrected chi connectivity index (χ2v) is 8.75. The average Bonchev–Trinajstić information content (AvgIpc) is 3.26. The minimum atomic E-state index is -0.685. The Kier molecular flexibility index (Phi) is 6.23. The maximum absolute atomic E-state index is 13.5. The molecule has 1 aliphatic carbocycles. The Balaban J connectivity index is 1.49. The molecule has 11 heteroatoms. The molecule has 35 heavy (non-hydrogen) atoms. The van der Waals surface area contributed by atoms with Gasteiger partial charge in [-0.05, 0) is 50.3 Å². The highest BCUT2D eigenvalue weighted by Crippen LogP contribution is 2.26. The van der Waals surface area contributed by atoms with E-state index in [1.165, 1.54) is 23.0 Å². The smallest absolute Gasteiger partial charge is 0.276 e. The Bertz CT molecular complexity index is 1350. The number of nitrogens with two attached hydrogens (primary N) is 1. The van der Waals surface area contributed by atoms with Crippen LogP contribution in [-0.2, 0) is 0 Å². The number of hydrogen-bond donors (Lipinski definition) is 4. The van der Waals surface area contributed by atoms with E-state index in [0.29, 0.717) is 23.0 Å². The molecule has 1 saturated carbocycles. The van der Waals surface area contributed by atoms with Gasteiger partial charge in [-0.1, -0.05) is 6.07 Å². The van der Waals surface area contributed by atoms with Crippen LogP contribution in [0.4, 0.5) is 27.4 Å². The van der Waals surface area contributed by atoms with Crippen molar-refractivity contribution in [2.24, 2.45) is 5.73 Å². The van der Waals surface area contributed by atoms with Crippen LogP contribution < -0.4 is 21.7 Å². The molecule has 10 nitrogen and oxygen atoms in total. The number of rotatable bonds is 6. The van der Waals surface area contributed by atoms with Crippen LogP contribution in [0, 0.1) is 12.9 Å². The van der Waals surface area contributed by atoms with Gasteiger partial charge in [0.05, 0.1) is 11.9 Å². The number of aryl methyl sites for hydroxylation is 1. The topological polar surface area (TPSA) is 135 Å². The van der Waals surface area contributed by atoms with E-state index in [-0.39, 0.29) is 23.5 Å². The predicted molar refractivity (Wildman–Crippen MR) is 131 cm³/mol. The lowest BCUT2D eigenvalue weighted by atomic mass is 9.92. The first-order chi connectivity index (χ1) is 16.9. The maximum atomic E-state index is 13.5. The largest absolute Gasteiger partial charge is 0.366 e. The van der Waals surface area contributed by atoms with Crippen molar-refractivity contribution in [2.45, 2.75) is 44.7 Å². The van der Waals surface area contributed by atoms with Gasteiger partial charge in [-0.3, -0.25) is 4.79 Å². The van der Waals surface area contributed by atoms with E-state index >= 15 is 0 Å². The molecule has 0 radical (unpaired) electrons. The molecule has 4 aromatic rings. The van der Waals surface area contributed by atoms with Gasteiger partial charge >= 0.3 is 0 Å². The normalized spacial score (nSPS) is 17.8. The third kappa shape index (κ3) is 5.19. The predicted octanol–water partition coefficient (Wildman–Crippen LogP) is 3.64. The number of amides is 1. The fourth-order valence-corrected chi connectivity index (χ4v) is 4.11. The van der Waals surface area contributed by atoms with E-state index in [1.807, 2.05) is 25.1 Å². The van der Waals surface area contributed by atoms with E-state index in [4.69, 9.17) is 5.73 Å². The van der Waals surface area contributed by atoms with E-state index in [9.17, 15) is 9.18 Å². The highest BCUT2D eigenvalue weighted by Gasteiger charge is 2.21. The molecule has 180 valence electrons. The first-order valence-electron chi connectivity index (χ1n) is 11.5. The molecule has 1 amide bonds. The second kappa shape index (κ2) is 9.63. The van der Waals surface area contributed by atoms with Crippen molar-refractivity contribution in [3.63, 3.8) is 0 Å². The van der Waals surface area contributed by atoms with Crippen molar-refractivity contribution >= 4 is 34.6 Å². The molecule has 1 aliphatic rings. The summed E-state index contributed by atoms with van der Waals surface area (Å²) in [4.78, 5) is 25.4.